The SMILES string of the molecule is Cc1ccn2cc(CNc3ccc(S(=O)(=O)C(F)(F)F)cc3)nc2c1. The third kappa shape index (κ3) is 3.46. The number of nitrogens with one attached hydrogen (secondary N) is 1. The molecule has 3 aromatic rings. The molecule has 0 amide bonds. The molecule has 0 aliphatic carbocycles. The molecule has 1 aromatic carbocycles. The van der Waals surface area contributed by atoms with Crippen LogP contribution in [0.25, 0.3) is 5.65 Å². The van der Waals surface area contributed by atoms with E-state index in [1.165, 1.54) is 12.1 Å². The van der Waals surface area contributed by atoms with Crippen molar-refractivity contribution in [3.63, 3.8) is 0 Å². The van der Waals surface area contributed by atoms with Crippen molar-refractivity contribution in [2.75, 3.05) is 5.32 Å². The van der Waals surface area contributed by atoms with Gasteiger partial charge in [-0.15, -0.1) is 0 Å². The number of rotatable bonds is 4. The Hall–Kier alpha value is -2.55. The van der Waals surface area contributed by atoms with Gasteiger partial charge in [-0.05, 0) is 48.9 Å². The average Bonchev–Trinajstić information content (AvgIpc) is 2.94. The number of halogens is 3. The fraction of sp³-hybridized carbons (Fsp3) is 0.188. The molecule has 0 fully saturated rings. The van der Waals surface area contributed by atoms with Gasteiger partial charge in [-0.2, -0.15) is 13.2 Å². The highest BCUT2D eigenvalue weighted by molar-refractivity contribution is 7.92. The molecule has 0 bridgehead atoms. The van der Waals surface area contributed by atoms with Crippen molar-refractivity contribution in [2.24, 2.45) is 0 Å². The molecular formula is C16H14F3N3O2S. The van der Waals surface area contributed by atoms with Crippen LogP contribution in [0.4, 0.5) is 18.9 Å². The fourth-order valence-electron chi connectivity index (χ4n) is 2.30. The van der Waals surface area contributed by atoms with E-state index >= 15 is 0 Å². The lowest BCUT2D eigenvalue weighted by Crippen LogP contribution is -2.23. The largest absolute Gasteiger partial charge is 0.501 e. The maximum atomic E-state index is 12.5. The molecule has 0 aliphatic heterocycles. The molecule has 0 saturated carbocycles. The van der Waals surface area contributed by atoms with Gasteiger partial charge in [0.05, 0.1) is 17.1 Å². The molecule has 0 aliphatic rings. The fourth-order valence-corrected chi connectivity index (χ4v) is 3.06. The lowest BCUT2D eigenvalue weighted by Gasteiger charge is -2.09. The summed E-state index contributed by atoms with van der Waals surface area (Å²) in [7, 11) is -5.33. The van der Waals surface area contributed by atoms with E-state index in [1.807, 2.05) is 35.9 Å². The molecule has 2 heterocycles. The smallest absolute Gasteiger partial charge is 0.379 e. The van der Waals surface area contributed by atoms with Crippen molar-refractivity contribution in [1.29, 1.82) is 0 Å². The Labute approximate surface area is 142 Å². The van der Waals surface area contributed by atoms with Crippen molar-refractivity contribution < 1.29 is 21.6 Å². The van der Waals surface area contributed by atoms with Crippen LogP contribution in [0.3, 0.4) is 0 Å². The number of anilines is 1. The van der Waals surface area contributed by atoms with E-state index in [0.29, 0.717) is 12.2 Å². The lowest BCUT2D eigenvalue weighted by atomic mass is 10.3. The Kier molecular flexibility index (Phi) is 4.19. The first-order valence-electron chi connectivity index (χ1n) is 7.26. The predicted molar refractivity (Wildman–Crippen MR) is 86.9 cm³/mol. The molecule has 3 rings (SSSR count). The topological polar surface area (TPSA) is 63.5 Å². The molecule has 0 unspecified atom stereocenters. The van der Waals surface area contributed by atoms with Crippen LogP contribution in [0.5, 0.6) is 0 Å². The minimum Gasteiger partial charge on any atom is -0.379 e. The summed E-state index contributed by atoms with van der Waals surface area (Å²) in [6.45, 7) is 2.31. The van der Waals surface area contributed by atoms with Crippen LogP contribution in [0.2, 0.25) is 0 Å². The van der Waals surface area contributed by atoms with Gasteiger partial charge < -0.3 is 9.72 Å². The average molecular weight is 369 g/mol. The molecular weight excluding hydrogens is 355 g/mol. The number of pyridine rings is 1. The quantitative estimate of drug-likeness (QED) is 0.764. The summed E-state index contributed by atoms with van der Waals surface area (Å²) in [5.41, 5.74) is -2.19. The minimum atomic E-state index is -5.33. The number of fused-ring (bicyclic) bond motifs is 1. The van der Waals surface area contributed by atoms with Crippen molar-refractivity contribution >= 4 is 21.2 Å². The van der Waals surface area contributed by atoms with E-state index in [1.54, 1.807) is 0 Å². The van der Waals surface area contributed by atoms with Crippen LogP contribution in [0, 0.1) is 6.92 Å². The standard InChI is InChI=1S/C16H14F3N3O2S/c1-11-6-7-22-10-13(21-15(22)8-11)9-20-12-2-4-14(5-3-12)25(23,24)16(17,18)19/h2-8,10,20H,9H2,1H3. The van der Waals surface area contributed by atoms with Gasteiger partial charge in [0.2, 0.25) is 0 Å². The Balaban J connectivity index is 1.73. The first kappa shape index (κ1) is 17.3. The van der Waals surface area contributed by atoms with Gasteiger partial charge in [-0.25, -0.2) is 13.4 Å². The number of hydrogen-bond acceptors (Lipinski definition) is 4. The van der Waals surface area contributed by atoms with Crippen LogP contribution in [0.1, 0.15) is 11.3 Å². The summed E-state index contributed by atoms with van der Waals surface area (Å²) in [6.07, 6.45) is 3.72. The van der Waals surface area contributed by atoms with Gasteiger partial charge in [-0.1, -0.05) is 0 Å². The summed E-state index contributed by atoms with van der Waals surface area (Å²) < 4.78 is 62.0. The summed E-state index contributed by atoms with van der Waals surface area (Å²) in [5.74, 6) is 0. The molecule has 132 valence electrons. The van der Waals surface area contributed by atoms with Crippen molar-refractivity contribution in [1.82, 2.24) is 9.38 Å². The maximum Gasteiger partial charge on any atom is 0.501 e. The number of aryl methyl sites for hydroxylation is 1. The monoisotopic (exact) mass is 369 g/mol. The zero-order valence-corrected chi connectivity index (χ0v) is 13.9. The van der Waals surface area contributed by atoms with E-state index in [9.17, 15) is 21.6 Å². The normalized spacial score (nSPS) is 12.5. The number of aromatic nitrogens is 2. The molecule has 5 nitrogen and oxygen atoms in total. The highest BCUT2D eigenvalue weighted by Crippen LogP contribution is 2.30. The first-order valence-corrected chi connectivity index (χ1v) is 8.75. The second-order valence-electron chi connectivity index (χ2n) is 5.53. The molecule has 0 saturated heterocycles. The summed E-state index contributed by atoms with van der Waals surface area (Å²) in [6, 6.07) is 8.32. The number of alkyl halides is 3. The van der Waals surface area contributed by atoms with Crippen LogP contribution in [0.15, 0.2) is 53.7 Å². The van der Waals surface area contributed by atoms with Gasteiger partial charge in [-0.3, -0.25) is 0 Å². The van der Waals surface area contributed by atoms with Gasteiger partial charge in [0.1, 0.15) is 5.65 Å². The minimum absolute atomic E-state index is 0.353. The Morgan fingerprint density at radius 2 is 1.84 bits per heavy atom. The van der Waals surface area contributed by atoms with Gasteiger partial charge >= 0.3 is 5.51 Å². The van der Waals surface area contributed by atoms with Crippen LogP contribution in [-0.2, 0) is 16.4 Å². The van der Waals surface area contributed by atoms with E-state index in [0.717, 1.165) is 29.0 Å². The number of hydrogen-bond donors (Lipinski definition) is 1. The summed E-state index contributed by atoms with van der Waals surface area (Å²) in [4.78, 5) is 3.65. The number of benzene rings is 1. The zero-order chi connectivity index (χ0) is 18.2. The van der Waals surface area contributed by atoms with Crippen molar-refractivity contribution in [2.45, 2.75) is 23.9 Å². The third-order valence-corrected chi connectivity index (χ3v) is 5.11. The van der Waals surface area contributed by atoms with Crippen LogP contribution < -0.4 is 5.32 Å². The lowest BCUT2D eigenvalue weighted by molar-refractivity contribution is -0.0436. The van der Waals surface area contributed by atoms with Crippen LogP contribution >= 0.6 is 0 Å². The highest BCUT2D eigenvalue weighted by atomic mass is 32.2. The highest BCUT2D eigenvalue weighted by Gasteiger charge is 2.46. The van der Waals surface area contributed by atoms with Gasteiger partial charge in [0.25, 0.3) is 9.84 Å². The van der Waals surface area contributed by atoms with E-state index < -0.39 is 20.2 Å². The number of nitrogens with zero attached hydrogens (tertiary/aromatic N) is 2. The molecule has 1 N–H and O–H groups in total. The Morgan fingerprint density at radius 1 is 1.16 bits per heavy atom. The molecule has 0 radical (unpaired) electrons. The number of sulfone groups is 1. The number of imidazole rings is 1. The second kappa shape index (κ2) is 6.07. The van der Waals surface area contributed by atoms with Gasteiger partial charge in [0.15, 0.2) is 0 Å². The third-order valence-electron chi connectivity index (χ3n) is 3.61. The maximum absolute atomic E-state index is 12.5. The molecule has 0 atom stereocenters. The van der Waals surface area contributed by atoms with Crippen molar-refractivity contribution in [3.05, 3.63) is 60.0 Å². The van der Waals surface area contributed by atoms with E-state index in [4.69, 9.17) is 0 Å². The molecule has 2 aromatic heterocycles. The van der Waals surface area contributed by atoms with E-state index in [2.05, 4.69) is 10.3 Å². The van der Waals surface area contributed by atoms with Crippen molar-refractivity contribution in [3.8, 4) is 0 Å². The molecule has 0 spiro atoms. The summed E-state index contributed by atoms with van der Waals surface area (Å²) in [5, 5.41) is 3.00. The summed E-state index contributed by atoms with van der Waals surface area (Å²) >= 11 is 0. The Morgan fingerprint density at radius 3 is 2.48 bits per heavy atom. The van der Waals surface area contributed by atoms with E-state index in [-0.39, 0.29) is 0 Å². The molecule has 9 heteroatoms. The Bertz CT molecular complexity index is 1010. The first-order chi connectivity index (χ1) is 11.7. The van der Waals surface area contributed by atoms with Crippen LogP contribution in [-0.4, -0.2) is 23.3 Å². The predicted octanol–water partition coefficient (Wildman–Crippen LogP) is 3.55. The van der Waals surface area contributed by atoms with Gasteiger partial charge in [0, 0.05) is 18.1 Å². The molecule has 25 heavy (non-hydrogen) atoms. The second-order valence-corrected chi connectivity index (χ2v) is 7.47. The zero-order valence-electron chi connectivity index (χ0n) is 13.1.